The van der Waals surface area contributed by atoms with Gasteiger partial charge in [0.1, 0.15) is 0 Å². The van der Waals surface area contributed by atoms with Gasteiger partial charge in [-0.25, -0.2) is 4.85 Å². The first-order valence-electron chi connectivity index (χ1n) is 5.20. The summed E-state index contributed by atoms with van der Waals surface area (Å²) in [4.78, 5) is 3.46. The molecule has 0 bridgehead atoms. The van der Waals surface area contributed by atoms with E-state index in [9.17, 15) is 0 Å². The zero-order valence-corrected chi connectivity index (χ0v) is 9.85. The first-order chi connectivity index (χ1) is 8.29. The highest BCUT2D eigenvalue weighted by Gasteiger charge is 1.99. The van der Waals surface area contributed by atoms with Gasteiger partial charge in [0.25, 0.3) is 0 Å². The van der Waals surface area contributed by atoms with E-state index in [4.69, 9.17) is 18.2 Å². The Morgan fingerprint density at radius 3 is 2.47 bits per heavy atom. The first-order valence-corrected chi connectivity index (χ1v) is 5.57. The van der Waals surface area contributed by atoms with E-state index >= 15 is 0 Å². The Kier molecular flexibility index (Phi) is 3.59. The summed E-state index contributed by atoms with van der Waals surface area (Å²) in [6.45, 7) is 7.10. The van der Waals surface area contributed by atoms with Crippen LogP contribution in [0.3, 0.4) is 0 Å². The van der Waals surface area contributed by atoms with Crippen LogP contribution in [0.25, 0.3) is 17.0 Å². The third-order valence-corrected chi connectivity index (χ3v) is 2.60. The van der Waals surface area contributed by atoms with Crippen molar-refractivity contribution >= 4 is 29.4 Å². The summed E-state index contributed by atoms with van der Waals surface area (Å²) in [6, 6.07) is 15.3. The lowest BCUT2D eigenvalue weighted by molar-refractivity contribution is 1.65. The summed E-state index contributed by atoms with van der Waals surface area (Å²) in [5, 5.41) is 0.591. The van der Waals surface area contributed by atoms with E-state index in [1.807, 2.05) is 48.6 Å². The molecular weight excluding hydrogens is 230 g/mol. The van der Waals surface area contributed by atoms with Gasteiger partial charge in [0.2, 0.25) is 0 Å². The summed E-state index contributed by atoms with van der Waals surface area (Å²) in [7, 11) is 0. The third kappa shape index (κ3) is 2.96. The van der Waals surface area contributed by atoms with Crippen molar-refractivity contribution in [1.29, 1.82) is 0 Å². The van der Waals surface area contributed by atoms with Gasteiger partial charge >= 0.3 is 0 Å². The molecule has 0 N–H and O–H groups in total. The highest BCUT2D eigenvalue weighted by Crippen LogP contribution is 2.25. The van der Waals surface area contributed by atoms with Crippen LogP contribution in [-0.2, 0) is 0 Å². The minimum Gasteiger partial charge on any atom is -0.237 e. The van der Waals surface area contributed by atoms with Crippen molar-refractivity contribution in [2.45, 2.75) is 0 Å². The predicted octanol–water partition coefficient (Wildman–Crippen LogP) is 5.06. The van der Waals surface area contributed by atoms with E-state index in [2.05, 4.69) is 4.85 Å². The van der Waals surface area contributed by atoms with Gasteiger partial charge in [0.05, 0.1) is 6.57 Å². The van der Waals surface area contributed by atoms with Crippen LogP contribution in [0.1, 0.15) is 11.1 Å². The summed E-state index contributed by atoms with van der Waals surface area (Å²) >= 11 is 5.85. The van der Waals surface area contributed by atoms with Crippen LogP contribution >= 0.6 is 11.6 Å². The molecule has 17 heavy (non-hydrogen) atoms. The Morgan fingerprint density at radius 2 is 1.76 bits per heavy atom. The minimum atomic E-state index is 0.574. The van der Waals surface area contributed by atoms with Crippen molar-refractivity contribution in [2.24, 2.45) is 0 Å². The average Bonchev–Trinajstić information content (AvgIpc) is 2.38. The van der Waals surface area contributed by atoms with Crippen molar-refractivity contribution in [3.05, 3.63) is 76.1 Å². The van der Waals surface area contributed by atoms with Crippen LogP contribution < -0.4 is 0 Å². The van der Waals surface area contributed by atoms with E-state index < -0.39 is 0 Å². The normalized spacial score (nSPS) is 10.4. The zero-order chi connectivity index (χ0) is 12.1. The van der Waals surface area contributed by atoms with Gasteiger partial charge < -0.3 is 0 Å². The maximum atomic E-state index is 7.10. The summed E-state index contributed by atoms with van der Waals surface area (Å²) in [6.07, 6.45) is 3.91. The van der Waals surface area contributed by atoms with E-state index in [1.165, 1.54) is 0 Å². The first kappa shape index (κ1) is 11.4. The molecule has 0 aliphatic carbocycles. The average molecular weight is 240 g/mol. The molecule has 2 heteroatoms. The molecule has 0 heterocycles. The van der Waals surface area contributed by atoms with E-state index in [0.29, 0.717) is 10.7 Å². The molecule has 0 saturated heterocycles. The molecule has 0 unspecified atom stereocenters. The fraction of sp³-hybridized carbons (Fsp3) is 0. The van der Waals surface area contributed by atoms with Gasteiger partial charge in [-0.05, 0) is 23.3 Å². The van der Waals surface area contributed by atoms with Crippen LogP contribution in [0.5, 0.6) is 0 Å². The van der Waals surface area contributed by atoms with Crippen LogP contribution in [0.2, 0.25) is 5.02 Å². The molecule has 0 aliphatic rings. The predicted molar refractivity (Wildman–Crippen MR) is 73.1 cm³/mol. The van der Waals surface area contributed by atoms with E-state index in [-0.39, 0.29) is 0 Å². The van der Waals surface area contributed by atoms with Crippen molar-refractivity contribution < 1.29 is 0 Å². The lowest BCUT2D eigenvalue weighted by Crippen LogP contribution is -1.74. The fourth-order valence-electron chi connectivity index (χ4n) is 1.50. The maximum absolute atomic E-state index is 7.10. The molecule has 0 aliphatic heterocycles. The number of hydrogen-bond acceptors (Lipinski definition) is 0. The minimum absolute atomic E-state index is 0.574. The molecule has 0 spiro atoms. The number of rotatable bonds is 2. The quantitative estimate of drug-likeness (QED) is 0.510. The molecule has 2 rings (SSSR count). The third-order valence-electron chi connectivity index (χ3n) is 2.37. The Labute approximate surface area is 106 Å². The number of nitrogens with zero attached hydrogens (tertiary/aromatic N) is 1. The SMILES string of the molecule is [C-]#[N+]c1cc(Cl)ccc1C=Cc1ccccc1. The molecule has 0 saturated carbocycles. The van der Waals surface area contributed by atoms with Gasteiger partial charge in [0, 0.05) is 5.02 Å². The lowest BCUT2D eigenvalue weighted by Gasteiger charge is -1.98. The lowest BCUT2D eigenvalue weighted by atomic mass is 10.1. The molecule has 2 aromatic rings. The molecule has 0 fully saturated rings. The largest absolute Gasteiger partial charge is 0.237 e. The van der Waals surface area contributed by atoms with Gasteiger partial charge in [-0.1, -0.05) is 60.2 Å². The molecule has 1 nitrogen and oxygen atoms in total. The Hall–Kier alpha value is -2.04. The number of halogens is 1. The Bertz CT molecular complexity index is 580. The van der Waals surface area contributed by atoms with Crippen molar-refractivity contribution in [2.75, 3.05) is 0 Å². The summed E-state index contributed by atoms with van der Waals surface area (Å²) in [5.41, 5.74) is 2.57. The molecule has 0 atom stereocenters. The Morgan fingerprint density at radius 1 is 1.00 bits per heavy atom. The Balaban J connectivity index is 2.31. The molecule has 0 aromatic heterocycles. The van der Waals surface area contributed by atoms with Gasteiger partial charge in [-0.15, -0.1) is 0 Å². The summed E-state index contributed by atoms with van der Waals surface area (Å²) < 4.78 is 0. The monoisotopic (exact) mass is 239 g/mol. The second-order valence-corrected chi connectivity index (χ2v) is 4.00. The summed E-state index contributed by atoms with van der Waals surface area (Å²) in [5.74, 6) is 0. The van der Waals surface area contributed by atoms with Crippen molar-refractivity contribution in [3.63, 3.8) is 0 Å². The van der Waals surface area contributed by atoms with Crippen LogP contribution in [0, 0.1) is 6.57 Å². The van der Waals surface area contributed by atoms with E-state index in [0.717, 1.165) is 11.1 Å². The highest BCUT2D eigenvalue weighted by atomic mass is 35.5. The van der Waals surface area contributed by atoms with Gasteiger partial charge in [-0.2, -0.15) is 0 Å². The molecule has 0 amide bonds. The van der Waals surface area contributed by atoms with Gasteiger partial charge in [-0.3, -0.25) is 0 Å². The number of benzene rings is 2. The second kappa shape index (κ2) is 5.34. The maximum Gasteiger partial charge on any atom is 0.195 e. The van der Waals surface area contributed by atoms with Crippen LogP contribution in [-0.4, -0.2) is 0 Å². The molecular formula is C15H10ClN. The van der Waals surface area contributed by atoms with Crippen molar-refractivity contribution in [1.82, 2.24) is 0 Å². The molecule has 82 valence electrons. The molecule has 2 aromatic carbocycles. The molecule has 0 radical (unpaired) electrons. The fourth-order valence-corrected chi connectivity index (χ4v) is 1.67. The van der Waals surface area contributed by atoms with Crippen molar-refractivity contribution in [3.8, 4) is 0 Å². The topological polar surface area (TPSA) is 4.36 Å². The van der Waals surface area contributed by atoms with E-state index in [1.54, 1.807) is 12.1 Å². The standard InChI is InChI=1S/C15H10ClN/c1-17-15-11-14(16)10-9-13(15)8-7-12-5-3-2-4-6-12/h2-11H. The smallest absolute Gasteiger partial charge is 0.195 e. The zero-order valence-electron chi connectivity index (χ0n) is 9.10. The van der Waals surface area contributed by atoms with Crippen LogP contribution in [0.4, 0.5) is 5.69 Å². The van der Waals surface area contributed by atoms with Gasteiger partial charge in [0.15, 0.2) is 5.69 Å². The van der Waals surface area contributed by atoms with Crippen LogP contribution in [0.15, 0.2) is 48.5 Å². The second-order valence-electron chi connectivity index (χ2n) is 3.56. The highest BCUT2D eigenvalue weighted by molar-refractivity contribution is 6.31. The number of hydrogen-bond donors (Lipinski definition) is 0.